The van der Waals surface area contributed by atoms with E-state index < -0.39 is 0 Å². The van der Waals surface area contributed by atoms with Crippen molar-refractivity contribution in [3.8, 4) is 0 Å². The summed E-state index contributed by atoms with van der Waals surface area (Å²) < 4.78 is 0. The van der Waals surface area contributed by atoms with Gasteiger partial charge in [-0.2, -0.15) is 4.98 Å². The van der Waals surface area contributed by atoms with Crippen LogP contribution >= 0.6 is 11.3 Å². The number of hydrazine groups is 1. The van der Waals surface area contributed by atoms with Gasteiger partial charge in [0, 0.05) is 17.5 Å². The Balaban J connectivity index is 2.10. The lowest BCUT2D eigenvalue weighted by molar-refractivity contribution is 0.283. The molecule has 0 spiro atoms. The molecule has 0 atom stereocenters. The fraction of sp³-hybridized carbons (Fsp3) is 0.538. The maximum Gasteiger partial charge on any atom is 0.240 e. The van der Waals surface area contributed by atoms with Gasteiger partial charge in [-0.25, -0.2) is 10.8 Å². The minimum Gasteiger partial charge on any atom is -0.395 e. The van der Waals surface area contributed by atoms with Crippen LogP contribution in [0.3, 0.4) is 0 Å². The van der Waals surface area contributed by atoms with Crippen molar-refractivity contribution < 1.29 is 5.11 Å². The fourth-order valence-electron chi connectivity index (χ4n) is 2.58. The summed E-state index contributed by atoms with van der Waals surface area (Å²) in [6, 6.07) is 2.57. The molecule has 0 aromatic carbocycles. The predicted octanol–water partition coefficient (Wildman–Crippen LogP) is 1.64. The highest BCUT2D eigenvalue weighted by atomic mass is 32.1. The first-order valence-electron chi connectivity index (χ1n) is 6.85. The number of aromatic nitrogens is 2. The summed E-state index contributed by atoms with van der Waals surface area (Å²) in [5.74, 6) is 6.78. The smallest absolute Gasteiger partial charge is 0.240 e. The van der Waals surface area contributed by atoms with Crippen LogP contribution in [0.2, 0.25) is 0 Å². The molecule has 4 N–H and O–H groups in total. The van der Waals surface area contributed by atoms with Crippen LogP contribution in [0, 0.1) is 6.92 Å². The van der Waals surface area contributed by atoms with E-state index in [2.05, 4.69) is 33.3 Å². The highest BCUT2D eigenvalue weighted by molar-refractivity contribution is 7.18. The summed E-state index contributed by atoms with van der Waals surface area (Å²) in [5, 5.41) is 10.4. The molecule has 0 saturated heterocycles. The predicted molar refractivity (Wildman–Crippen MR) is 82.0 cm³/mol. The number of anilines is 2. The number of hydrogen-bond donors (Lipinski definition) is 3. The second-order valence-electron chi connectivity index (χ2n) is 5.09. The number of thiophene rings is 1. The first kappa shape index (κ1) is 13.5. The molecule has 2 aromatic heterocycles. The van der Waals surface area contributed by atoms with Gasteiger partial charge in [0.1, 0.15) is 10.6 Å². The number of nitrogens with one attached hydrogen (secondary N) is 1. The molecule has 108 valence electrons. The maximum atomic E-state index is 9.35. The lowest BCUT2D eigenvalue weighted by Crippen LogP contribution is -2.42. The molecule has 3 rings (SSSR count). The van der Waals surface area contributed by atoms with Crippen LogP contribution in [0.1, 0.15) is 24.1 Å². The molecular weight excluding hydrogens is 274 g/mol. The second-order valence-corrected chi connectivity index (χ2v) is 6.33. The monoisotopic (exact) mass is 293 g/mol. The standard InChI is InChI=1S/C13H19N5OS/c1-8-7-10-11(15-13(17-14)16-12(10)20-8)18(5-6-19)9-3-2-4-9/h7,9,19H,2-6,14H2,1H3,(H,15,16,17). The summed E-state index contributed by atoms with van der Waals surface area (Å²) in [7, 11) is 0. The number of hydrogen-bond acceptors (Lipinski definition) is 7. The summed E-state index contributed by atoms with van der Waals surface area (Å²) >= 11 is 1.63. The first-order chi connectivity index (χ1) is 9.72. The SMILES string of the molecule is Cc1cc2c(N(CCO)C3CCC3)nc(NN)nc2s1. The van der Waals surface area contributed by atoms with Gasteiger partial charge >= 0.3 is 0 Å². The Labute approximate surface area is 121 Å². The molecule has 0 bridgehead atoms. The third-order valence-electron chi connectivity index (χ3n) is 3.75. The lowest BCUT2D eigenvalue weighted by atomic mass is 9.91. The van der Waals surface area contributed by atoms with Crippen LogP contribution in [0.25, 0.3) is 10.2 Å². The summed E-state index contributed by atoms with van der Waals surface area (Å²) in [4.78, 5) is 13.3. The molecule has 0 unspecified atom stereocenters. The molecule has 1 saturated carbocycles. The minimum atomic E-state index is 0.122. The van der Waals surface area contributed by atoms with Crippen molar-refractivity contribution in [2.24, 2.45) is 5.84 Å². The Kier molecular flexibility index (Phi) is 3.73. The Bertz CT molecular complexity index is 610. The van der Waals surface area contributed by atoms with E-state index in [1.54, 1.807) is 11.3 Å². The topological polar surface area (TPSA) is 87.3 Å². The van der Waals surface area contributed by atoms with E-state index in [-0.39, 0.29) is 6.61 Å². The lowest BCUT2D eigenvalue weighted by Gasteiger charge is -2.38. The summed E-state index contributed by atoms with van der Waals surface area (Å²) in [6.07, 6.45) is 3.55. The van der Waals surface area contributed by atoms with E-state index in [4.69, 9.17) is 5.84 Å². The number of nitrogens with two attached hydrogens (primary N) is 1. The Morgan fingerprint density at radius 2 is 2.30 bits per heavy atom. The van der Waals surface area contributed by atoms with Crippen molar-refractivity contribution in [3.05, 3.63) is 10.9 Å². The van der Waals surface area contributed by atoms with Gasteiger partial charge in [-0.15, -0.1) is 11.3 Å². The van der Waals surface area contributed by atoms with Crippen molar-refractivity contribution in [1.29, 1.82) is 0 Å². The molecule has 1 aliphatic rings. The van der Waals surface area contributed by atoms with Gasteiger partial charge in [-0.05, 0) is 32.3 Å². The number of rotatable bonds is 5. The fourth-order valence-corrected chi connectivity index (χ4v) is 3.45. The second kappa shape index (κ2) is 5.51. The van der Waals surface area contributed by atoms with Crippen molar-refractivity contribution in [2.45, 2.75) is 32.2 Å². The van der Waals surface area contributed by atoms with Gasteiger partial charge in [0.25, 0.3) is 0 Å². The Morgan fingerprint density at radius 1 is 1.50 bits per heavy atom. The van der Waals surface area contributed by atoms with Gasteiger partial charge in [0.15, 0.2) is 0 Å². The Hall–Kier alpha value is -1.44. The number of aliphatic hydroxyl groups is 1. The van der Waals surface area contributed by atoms with E-state index in [0.717, 1.165) is 28.9 Å². The van der Waals surface area contributed by atoms with Crippen molar-refractivity contribution in [1.82, 2.24) is 9.97 Å². The van der Waals surface area contributed by atoms with E-state index in [0.29, 0.717) is 18.5 Å². The van der Waals surface area contributed by atoms with Gasteiger partial charge in [0.2, 0.25) is 5.95 Å². The van der Waals surface area contributed by atoms with Crippen molar-refractivity contribution in [3.63, 3.8) is 0 Å². The molecule has 2 heterocycles. The van der Waals surface area contributed by atoms with Gasteiger partial charge in [0.05, 0.1) is 12.0 Å². The molecule has 0 radical (unpaired) electrons. The molecule has 2 aromatic rings. The largest absolute Gasteiger partial charge is 0.395 e. The average molecular weight is 293 g/mol. The number of fused-ring (bicyclic) bond motifs is 1. The first-order valence-corrected chi connectivity index (χ1v) is 7.67. The number of nitrogen functional groups attached to an aromatic ring is 1. The van der Waals surface area contributed by atoms with Crippen LogP contribution in [0.5, 0.6) is 0 Å². The van der Waals surface area contributed by atoms with Crippen LogP contribution in [-0.4, -0.2) is 34.3 Å². The van der Waals surface area contributed by atoms with Crippen LogP contribution in [-0.2, 0) is 0 Å². The van der Waals surface area contributed by atoms with E-state index in [1.807, 2.05) is 0 Å². The van der Waals surface area contributed by atoms with Gasteiger partial charge < -0.3 is 10.0 Å². The minimum absolute atomic E-state index is 0.122. The number of aliphatic hydroxyl groups excluding tert-OH is 1. The quantitative estimate of drug-likeness (QED) is 0.574. The van der Waals surface area contributed by atoms with E-state index in [9.17, 15) is 5.11 Å². The summed E-state index contributed by atoms with van der Waals surface area (Å²) in [5.41, 5.74) is 2.54. The molecule has 1 aliphatic carbocycles. The third kappa shape index (κ3) is 2.32. The third-order valence-corrected chi connectivity index (χ3v) is 4.70. The average Bonchev–Trinajstić information content (AvgIpc) is 2.75. The zero-order valence-electron chi connectivity index (χ0n) is 11.5. The van der Waals surface area contributed by atoms with Crippen molar-refractivity contribution >= 4 is 33.3 Å². The molecule has 0 aliphatic heterocycles. The molecule has 7 heteroatoms. The zero-order valence-corrected chi connectivity index (χ0v) is 12.3. The molecule has 0 amide bonds. The van der Waals surface area contributed by atoms with Crippen LogP contribution in [0.4, 0.5) is 11.8 Å². The normalized spacial score (nSPS) is 15.3. The summed E-state index contributed by atoms with van der Waals surface area (Å²) in [6.45, 7) is 2.78. The maximum absolute atomic E-state index is 9.35. The highest BCUT2D eigenvalue weighted by Gasteiger charge is 2.27. The van der Waals surface area contributed by atoms with Gasteiger partial charge in [-0.3, -0.25) is 5.43 Å². The zero-order chi connectivity index (χ0) is 14.1. The van der Waals surface area contributed by atoms with Crippen molar-refractivity contribution in [2.75, 3.05) is 23.5 Å². The van der Waals surface area contributed by atoms with E-state index >= 15 is 0 Å². The van der Waals surface area contributed by atoms with E-state index in [1.165, 1.54) is 11.3 Å². The Morgan fingerprint density at radius 3 is 2.90 bits per heavy atom. The molecular formula is C13H19N5OS. The molecule has 1 fully saturated rings. The molecule has 6 nitrogen and oxygen atoms in total. The molecule has 20 heavy (non-hydrogen) atoms. The number of nitrogens with zero attached hydrogens (tertiary/aromatic N) is 3. The highest BCUT2D eigenvalue weighted by Crippen LogP contribution is 2.35. The van der Waals surface area contributed by atoms with Crippen LogP contribution in [0.15, 0.2) is 6.07 Å². The van der Waals surface area contributed by atoms with Crippen LogP contribution < -0.4 is 16.2 Å². The van der Waals surface area contributed by atoms with Gasteiger partial charge in [-0.1, -0.05) is 0 Å². The number of aryl methyl sites for hydroxylation is 1.